The van der Waals surface area contributed by atoms with Gasteiger partial charge in [0.1, 0.15) is 6.07 Å². The van der Waals surface area contributed by atoms with Gasteiger partial charge in [0.2, 0.25) is 0 Å². The average molecular weight is 347 g/mol. The van der Waals surface area contributed by atoms with Gasteiger partial charge in [0.15, 0.2) is 5.82 Å². The fraction of sp³-hybridized carbons (Fsp3) is 0. The van der Waals surface area contributed by atoms with Crippen LogP contribution in [0.1, 0.15) is 5.56 Å². The van der Waals surface area contributed by atoms with Gasteiger partial charge in [-0.15, -0.1) is 0 Å². The average Bonchev–Trinajstić information content (AvgIpc) is 2.86. The minimum absolute atomic E-state index is 0.209. The molecule has 0 amide bonds. The largest absolute Gasteiger partial charge is 0.349 e. The maximum atomic E-state index is 14.2. The first-order chi connectivity index (χ1) is 9.69. The molecule has 20 heavy (non-hydrogen) atoms. The monoisotopic (exact) mass is 346 g/mol. The van der Waals surface area contributed by atoms with Crippen LogP contribution in [0, 0.1) is 17.1 Å². The molecular formula is C15H8BrFN2S. The first-order valence-corrected chi connectivity index (χ1v) is 7.43. The Morgan fingerprint density at radius 2 is 2.00 bits per heavy atom. The fourth-order valence-corrected chi connectivity index (χ4v) is 3.39. The molecule has 5 heteroatoms. The summed E-state index contributed by atoms with van der Waals surface area (Å²) in [7, 11) is 0. The third kappa shape index (κ3) is 2.33. The molecule has 0 radical (unpaired) electrons. The Morgan fingerprint density at radius 1 is 1.20 bits per heavy atom. The van der Waals surface area contributed by atoms with E-state index in [1.54, 1.807) is 12.1 Å². The Bertz CT molecular complexity index is 802. The highest BCUT2D eigenvalue weighted by atomic mass is 79.9. The molecule has 2 nitrogen and oxygen atoms in total. The minimum atomic E-state index is -0.410. The molecule has 0 saturated carbocycles. The second kappa shape index (κ2) is 5.31. The van der Waals surface area contributed by atoms with Crippen LogP contribution in [-0.2, 0) is 0 Å². The lowest BCUT2D eigenvalue weighted by Gasteiger charge is -2.04. The lowest BCUT2D eigenvalue weighted by Crippen LogP contribution is -1.87. The van der Waals surface area contributed by atoms with Crippen molar-refractivity contribution in [2.75, 3.05) is 0 Å². The van der Waals surface area contributed by atoms with Crippen LogP contribution in [0.15, 0.2) is 56.9 Å². The van der Waals surface area contributed by atoms with E-state index >= 15 is 0 Å². The molecule has 0 saturated heterocycles. The van der Waals surface area contributed by atoms with Gasteiger partial charge in [-0.2, -0.15) is 5.26 Å². The van der Waals surface area contributed by atoms with E-state index in [0.717, 1.165) is 15.9 Å². The molecule has 0 spiro atoms. The van der Waals surface area contributed by atoms with Crippen LogP contribution in [0.5, 0.6) is 0 Å². The van der Waals surface area contributed by atoms with E-state index in [2.05, 4.69) is 20.9 Å². The number of hydrogen-bond acceptors (Lipinski definition) is 2. The van der Waals surface area contributed by atoms with E-state index < -0.39 is 5.82 Å². The molecule has 1 N–H and O–H groups in total. The molecule has 0 unspecified atom stereocenters. The predicted octanol–water partition coefficient (Wildman–Crippen LogP) is 5.09. The van der Waals surface area contributed by atoms with E-state index in [4.69, 9.17) is 5.26 Å². The number of aromatic amines is 1. The highest BCUT2D eigenvalue weighted by molar-refractivity contribution is 9.10. The van der Waals surface area contributed by atoms with E-state index in [1.165, 1.54) is 11.8 Å². The van der Waals surface area contributed by atoms with Gasteiger partial charge in [-0.25, -0.2) is 4.39 Å². The summed E-state index contributed by atoms with van der Waals surface area (Å²) >= 11 is 4.42. The van der Waals surface area contributed by atoms with Crippen LogP contribution < -0.4 is 0 Å². The number of hydrogen-bond donors (Lipinski definition) is 1. The van der Waals surface area contributed by atoms with E-state index in [1.807, 2.05) is 36.4 Å². The van der Waals surface area contributed by atoms with Crippen molar-refractivity contribution in [1.82, 2.24) is 4.98 Å². The summed E-state index contributed by atoms with van der Waals surface area (Å²) < 4.78 is 14.4. The van der Waals surface area contributed by atoms with E-state index in [9.17, 15) is 4.39 Å². The number of benzene rings is 2. The Morgan fingerprint density at radius 3 is 2.75 bits per heavy atom. The molecule has 0 aliphatic carbocycles. The van der Waals surface area contributed by atoms with Gasteiger partial charge in [-0.1, -0.05) is 30.0 Å². The summed E-state index contributed by atoms with van der Waals surface area (Å²) in [5, 5.41) is 10.8. The standard InChI is InChI=1S/C15H8BrFN2S/c16-14-10(8-18)5-6-12(15(14)17)20-13-7-9-3-1-2-4-11(9)19-13/h1-7,19H. The Kier molecular flexibility index (Phi) is 3.51. The van der Waals surface area contributed by atoms with Crippen molar-refractivity contribution in [1.29, 1.82) is 5.26 Å². The van der Waals surface area contributed by atoms with Crippen LogP contribution in [0.3, 0.4) is 0 Å². The Labute approximate surface area is 127 Å². The van der Waals surface area contributed by atoms with Crippen molar-refractivity contribution in [2.45, 2.75) is 9.92 Å². The predicted molar refractivity (Wildman–Crippen MR) is 81.2 cm³/mol. The Balaban J connectivity index is 1.99. The summed E-state index contributed by atoms with van der Waals surface area (Å²) in [5.74, 6) is -0.410. The molecular weight excluding hydrogens is 339 g/mol. The highest BCUT2D eigenvalue weighted by Gasteiger charge is 2.13. The molecule has 0 fully saturated rings. The summed E-state index contributed by atoms with van der Waals surface area (Å²) in [6.45, 7) is 0. The van der Waals surface area contributed by atoms with Gasteiger partial charge in [-0.3, -0.25) is 0 Å². The van der Waals surface area contributed by atoms with Gasteiger partial charge >= 0.3 is 0 Å². The highest BCUT2D eigenvalue weighted by Crippen LogP contribution is 2.35. The Hall–Kier alpha value is -1.77. The fourth-order valence-electron chi connectivity index (χ4n) is 1.92. The van der Waals surface area contributed by atoms with Gasteiger partial charge in [0, 0.05) is 10.9 Å². The number of H-pyrrole nitrogens is 1. The molecule has 98 valence electrons. The van der Waals surface area contributed by atoms with E-state index in [0.29, 0.717) is 10.5 Å². The first-order valence-electron chi connectivity index (χ1n) is 5.83. The molecule has 1 aromatic heterocycles. The van der Waals surface area contributed by atoms with Crippen LogP contribution >= 0.6 is 27.7 Å². The number of fused-ring (bicyclic) bond motifs is 1. The molecule has 0 aliphatic heterocycles. The number of nitrogens with zero attached hydrogens (tertiary/aromatic N) is 1. The molecule has 0 bridgehead atoms. The van der Waals surface area contributed by atoms with Crippen molar-refractivity contribution in [2.24, 2.45) is 0 Å². The van der Waals surface area contributed by atoms with Crippen molar-refractivity contribution in [3.63, 3.8) is 0 Å². The zero-order valence-electron chi connectivity index (χ0n) is 10.2. The second-order valence-corrected chi connectivity index (χ2v) is 6.05. The molecule has 1 heterocycles. The number of halogens is 2. The SMILES string of the molecule is N#Cc1ccc(Sc2cc3ccccc3[nH]2)c(F)c1Br. The van der Waals surface area contributed by atoms with Gasteiger partial charge in [-0.05, 0) is 40.2 Å². The maximum absolute atomic E-state index is 14.2. The normalized spacial score (nSPS) is 10.7. The quantitative estimate of drug-likeness (QED) is 0.701. The van der Waals surface area contributed by atoms with Crippen molar-refractivity contribution in [3.8, 4) is 6.07 Å². The van der Waals surface area contributed by atoms with Crippen LogP contribution in [-0.4, -0.2) is 4.98 Å². The number of aromatic nitrogens is 1. The molecule has 0 atom stereocenters. The third-order valence-electron chi connectivity index (χ3n) is 2.89. The van der Waals surface area contributed by atoms with Gasteiger partial charge in [0.25, 0.3) is 0 Å². The molecule has 3 aromatic rings. The van der Waals surface area contributed by atoms with E-state index in [-0.39, 0.29) is 4.47 Å². The van der Waals surface area contributed by atoms with Crippen molar-refractivity contribution >= 4 is 38.6 Å². The second-order valence-electron chi connectivity index (χ2n) is 4.17. The first kappa shape index (κ1) is 13.2. The molecule has 2 aromatic carbocycles. The van der Waals surface area contributed by atoms with Crippen molar-refractivity contribution in [3.05, 3.63) is 58.3 Å². The van der Waals surface area contributed by atoms with Gasteiger partial charge < -0.3 is 4.98 Å². The molecule has 0 aliphatic rings. The summed E-state index contributed by atoms with van der Waals surface area (Å²) in [4.78, 5) is 3.71. The van der Waals surface area contributed by atoms with Crippen molar-refractivity contribution < 1.29 is 4.39 Å². The number of nitrogens with one attached hydrogen (secondary N) is 1. The lowest BCUT2D eigenvalue weighted by atomic mass is 10.2. The maximum Gasteiger partial charge on any atom is 0.152 e. The smallest absolute Gasteiger partial charge is 0.152 e. The summed E-state index contributed by atoms with van der Waals surface area (Å²) in [5.41, 5.74) is 1.31. The number of rotatable bonds is 2. The number of para-hydroxylation sites is 1. The summed E-state index contributed by atoms with van der Waals surface area (Å²) in [6.07, 6.45) is 0. The third-order valence-corrected chi connectivity index (χ3v) is 4.64. The molecule has 3 rings (SSSR count). The summed E-state index contributed by atoms with van der Waals surface area (Å²) in [6, 6.07) is 15.0. The zero-order chi connectivity index (χ0) is 14.1. The zero-order valence-corrected chi connectivity index (χ0v) is 12.6. The van der Waals surface area contributed by atoms with Crippen LogP contribution in [0.25, 0.3) is 10.9 Å². The lowest BCUT2D eigenvalue weighted by molar-refractivity contribution is 0.594. The topological polar surface area (TPSA) is 39.6 Å². The number of nitriles is 1. The van der Waals surface area contributed by atoms with Crippen LogP contribution in [0.4, 0.5) is 4.39 Å². The van der Waals surface area contributed by atoms with Gasteiger partial charge in [0.05, 0.1) is 20.0 Å². The van der Waals surface area contributed by atoms with Crippen LogP contribution in [0.2, 0.25) is 0 Å². The minimum Gasteiger partial charge on any atom is -0.349 e.